The van der Waals surface area contributed by atoms with Crippen LogP contribution in [-0.2, 0) is 9.59 Å². The number of nitrogens with zero attached hydrogens (tertiary/aromatic N) is 2. The van der Waals surface area contributed by atoms with Crippen LogP contribution in [0.25, 0.3) is 0 Å². The maximum absolute atomic E-state index is 12.2. The minimum atomic E-state index is 0.0636. The molecule has 1 aliphatic rings. The molecule has 5 heteroatoms. The van der Waals surface area contributed by atoms with E-state index < -0.39 is 0 Å². The smallest absolute Gasteiger partial charge is 0.225 e. The van der Waals surface area contributed by atoms with Crippen molar-refractivity contribution in [2.24, 2.45) is 5.92 Å². The van der Waals surface area contributed by atoms with Crippen LogP contribution in [0.2, 0.25) is 0 Å². The standard InChI is InChI=1S/C19H28N2O3/c1-15-6-4-7-17(14-15)24-13-5-8-18(22)21-11-9-16(10-12-21)19(23)20(2)3/h4,6-7,14,16H,5,8-13H2,1-3H3. The van der Waals surface area contributed by atoms with Crippen LogP contribution in [0.5, 0.6) is 5.75 Å². The van der Waals surface area contributed by atoms with Crippen LogP contribution < -0.4 is 4.74 Å². The molecule has 1 saturated heterocycles. The van der Waals surface area contributed by atoms with Gasteiger partial charge in [-0.1, -0.05) is 12.1 Å². The molecular formula is C19H28N2O3. The number of carbonyl (C=O) groups is 2. The molecule has 1 heterocycles. The molecule has 0 spiro atoms. The van der Waals surface area contributed by atoms with Crippen LogP contribution in [0.15, 0.2) is 24.3 Å². The van der Waals surface area contributed by atoms with E-state index in [4.69, 9.17) is 4.74 Å². The van der Waals surface area contributed by atoms with Crippen molar-refractivity contribution in [3.63, 3.8) is 0 Å². The van der Waals surface area contributed by atoms with Crippen LogP contribution in [-0.4, -0.2) is 55.4 Å². The summed E-state index contributed by atoms with van der Waals surface area (Å²) in [5.74, 6) is 1.26. The molecule has 0 aromatic heterocycles. The van der Waals surface area contributed by atoms with Crippen molar-refractivity contribution >= 4 is 11.8 Å². The second-order valence-electron chi connectivity index (χ2n) is 6.66. The Morgan fingerprint density at radius 3 is 2.58 bits per heavy atom. The fourth-order valence-electron chi connectivity index (χ4n) is 3.02. The van der Waals surface area contributed by atoms with Gasteiger partial charge in [0.25, 0.3) is 0 Å². The lowest BCUT2D eigenvalue weighted by Gasteiger charge is -2.32. The number of rotatable bonds is 6. The minimum Gasteiger partial charge on any atom is -0.494 e. The van der Waals surface area contributed by atoms with Crippen molar-refractivity contribution < 1.29 is 14.3 Å². The number of aryl methyl sites for hydroxylation is 1. The lowest BCUT2D eigenvalue weighted by Crippen LogP contribution is -2.42. The Hall–Kier alpha value is -2.04. The number of hydrogen-bond donors (Lipinski definition) is 0. The summed E-state index contributed by atoms with van der Waals surface area (Å²) < 4.78 is 5.68. The zero-order valence-corrected chi connectivity index (χ0v) is 15.0. The van der Waals surface area contributed by atoms with Gasteiger partial charge in [-0.2, -0.15) is 0 Å². The highest BCUT2D eigenvalue weighted by Gasteiger charge is 2.27. The maximum Gasteiger partial charge on any atom is 0.225 e. The van der Waals surface area contributed by atoms with Crippen molar-refractivity contribution in [1.29, 1.82) is 0 Å². The largest absolute Gasteiger partial charge is 0.494 e. The molecule has 1 fully saturated rings. The third-order valence-electron chi connectivity index (χ3n) is 4.43. The highest BCUT2D eigenvalue weighted by molar-refractivity contribution is 5.79. The summed E-state index contributed by atoms with van der Waals surface area (Å²) in [4.78, 5) is 27.7. The molecule has 0 N–H and O–H groups in total. The molecule has 1 aromatic rings. The maximum atomic E-state index is 12.2. The molecular weight excluding hydrogens is 304 g/mol. The van der Waals surface area contributed by atoms with Gasteiger partial charge in [-0.25, -0.2) is 0 Å². The molecule has 1 aliphatic heterocycles. The molecule has 132 valence electrons. The van der Waals surface area contributed by atoms with Crippen LogP contribution in [0, 0.1) is 12.8 Å². The third-order valence-corrected chi connectivity index (χ3v) is 4.43. The van der Waals surface area contributed by atoms with Gasteiger partial charge in [-0.15, -0.1) is 0 Å². The highest BCUT2D eigenvalue weighted by atomic mass is 16.5. The molecule has 24 heavy (non-hydrogen) atoms. The average Bonchev–Trinajstić information content (AvgIpc) is 2.58. The fourth-order valence-corrected chi connectivity index (χ4v) is 3.02. The first-order valence-electron chi connectivity index (χ1n) is 8.66. The zero-order valence-electron chi connectivity index (χ0n) is 15.0. The number of piperidine rings is 1. The Morgan fingerprint density at radius 1 is 1.25 bits per heavy atom. The number of amides is 2. The SMILES string of the molecule is Cc1cccc(OCCCC(=O)N2CCC(C(=O)N(C)C)CC2)c1. The summed E-state index contributed by atoms with van der Waals surface area (Å²) in [5.41, 5.74) is 1.17. The lowest BCUT2D eigenvalue weighted by atomic mass is 9.95. The molecule has 0 radical (unpaired) electrons. The summed E-state index contributed by atoms with van der Waals surface area (Å²) in [5, 5.41) is 0. The summed E-state index contributed by atoms with van der Waals surface area (Å²) in [6, 6.07) is 7.92. The van der Waals surface area contributed by atoms with Gasteiger partial charge >= 0.3 is 0 Å². The predicted octanol–water partition coefficient (Wildman–Crippen LogP) is 2.48. The Labute approximate surface area is 144 Å². The first-order chi connectivity index (χ1) is 11.5. The Balaban J connectivity index is 1.66. The summed E-state index contributed by atoms with van der Waals surface area (Å²) >= 11 is 0. The second kappa shape index (κ2) is 8.71. The minimum absolute atomic E-state index is 0.0636. The van der Waals surface area contributed by atoms with E-state index in [1.807, 2.05) is 36.1 Å². The van der Waals surface area contributed by atoms with Crippen LogP contribution in [0.4, 0.5) is 0 Å². The van der Waals surface area contributed by atoms with Crippen LogP contribution in [0.3, 0.4) is 0 Å². The predicted molar refractivity (Wildman–Crippen MR) is 93.9 cm³/mol. The van der Waals surface area contributed by atoms with E-state index in [0.29, 0.717) is 32.5 Å². The van der Waals surface area contributed by atoms with E-state index in [1.54, 1.807) is 19.0 Å². The van der Waals surface area contributed by atoms with Crippen molar-refractivity contribution in [3.05, 3.63) is 29.8 Å². The molecule has 2 amide bonds. The van der Waals surface area contributed by atoms with E-state index in [-0.39, 0.29) is 17.7 Å². The highest BCUT2D eigenvalue weighted by Crippen LogP contribution is 2.20. The van der Waals surface area contributed by atoms with Gasteiger partial charge in [-0.05, 0) is 43.9 Å². The monoisotopic (exact) mass is 332 g/mol. The van der Waals surface area contributed by atoms with Gasteiger partial charge in [-0.3, -0.25) is 9.59 Å². The molecule has 0 unspecified atom stereocenters. The molecule has 0 aliphatic carbocycles. The van der Waals surface area contributed by atoms with E-state index in [2.05, 4.69) is 0 Å². The van der Waals surface area contributed by atoms with E-state index in [0.717, 1.165) is 18.6 Å². The van der Waals surface area contributed by atoms with Gasteiger partial charge < -0.3 is 14.5 Å². The third kappa shape index (κ3) is 5.25. The average molecular weight is 332 g/mol. The van der Waals surface area contributed by atoms with Crippen LogP contribution in [0.1, 0.15) is 31.2 Å². The lowest BCUT2D eigenvalue weighted by molar-refractivity contribution is -0.139. The summed E-state index contributed by atoms with van der Waals surface area (Å²) in [6.45, 7) is 3.94. The van der Waals surface area contributed by atoms with Crippen LogP contribution >= 0.6 is 0 Å². The van der Waals surface area contributed by atoms with Crippen molar-refractivity contribution in [2.45, 2.75) is 32.6 Å². The Kier molecular flexibility index (Phi) is 6.64. The van der Waals surface area contributed by atoms with E-state index in [1.165, 1.54) is 5.56 Å². The molecule has 2 rings (SSSR count). The van der Waals surface area contributed by atoms with E-state index in [9.17, 15) is 9.59 Å². The molecule has 0 saturated carbocycles. The van der Waals surface area contributed by atoms with Gasteiger partial charge in [0.1, 0.15) is 5.75 Å². The second-order valence-corrected chi connectivity index (χ2v) is 6.66. The van der Waals surface area contributed by atoms with Crippen molar-refractivity contribution in [2.75, 3.05) is 33.8 Å². The quantitative estimate of drug-likeness (QED) is 0.752. The van der Waals surface area contributed by atoms with Gasteiger partial charge in [0.05, 0.1) is 6.61 Å². The number of hydrogen-bond acceptors (Lipinski definition) is 3. The van der Waals surface area contributed by atoms with Crippen molar-refractivity contribution in [3.8, 4) is 5.75 Å². The fraction of sp³-hybridized carbons (Fsp3) is 0.579. The van der Waals surface area contributed by atoms with Gasteiger partial charge in [0.2, 0.25) is 11.8 Å². The normalized spacial score (nSPS) is 15.2. The number of carbonyl (C=O) groups excluding carboxylic acids is 2. The molecule has 0 bridgehead atoms. The van der Waals surface area contributed by atoms with Crippen molar-refractivity contribution in [1.82, 2.24) is 9.80 Å². The first-order valence-corrected chi connectivity index (χ1v) is 8.66. The first kappa shape index (κ1) is 18.3. The summed E-state index contributed by atoms with van der Waals surface area (Å²) in [6.07, 6.45) is 2.74. The Bertz CT molecular complexity index is 563. The number of benzene rings is 1. The molecule has 1 aromatic carbocycles. The van der Waals surface area contributed by atoms with Gasteiger partial charge in [0, 0.05) is 39.5 Å². The molecule has 0 atom stereocenters. The van der Waals surface area contributed by atoms with E-state index >= 15 is 0 Å². The number of likely N-dealkylation sites (tertiary alicyclic amines) is 1. The van der Waals surface area contributed by atoms with Gasteiger partial charge in [0.15, 0.2) is 0 Å². The number of ether oxygens (including phenoxy) is 1. The Morgan fingerprint density at radius 2 is 1.96 bits per heavy atom. The summed E-state index contributed by atoms with van der Waals surface area (Å²) in [7, 11) is 3.57. The molecule has 5 nitrogen and oxygen atoms in total. The zero-order chi connectivity index (χ0) is 17.5. The topological polar surface area (TPSA) is 49.9 Å².